The van der Waals surface area contributed by atoms with Crippen LogP contribution in [0.1, 0.15) is 68.6 Å². The number of benzene rings is 1. The van der Waals surface area contributed by atoms with Crippen LogP contribution in [-0.2, 0) is 4.79 Å². The van der Waals surface area contributed by atoms with Crippen molar-refractivity contribution in [2.24, 2.45) is 0 Å². The first kappa shape index (κ1) is 25.2. The Hall–Kier alpha value is -1.82. The third-order valence-corrected chi connectivity index (χ3v) is 6.90. The Morgan fingerprint density at radius 1 is 0.897 bits per heavy atom. The van der Waals surface area contributed by atoms with Crippen LogP contribution in [0.25, 0.3) is 0 Å². The standard InChI is InChI=1S/C23H40N2O3Si/c1-19(23(27)28)25-22(26)20-13-15-21(16-14-20)24-17-11-9-7-5-6-8-10-12-18-29(2,3)4/h13-16,19,24H,5-12,17-18H2,1-4H3,(H,25,26)(H,27,28)/t19-/m0/s1. The molecule has 0 saturated heterocycles. The molecule has 0 aliphatic rings. The molecule has 0 heterocycles. The van der Waals surface area contributed by atoms with Crippen molar-refractivity contribution in [1.82, 2.24) is 5.32 Å². The van der Waals surface area contributed by atoms with E-state index in [-0.39, 0.29) is 5.91 Å². The van der Waals surface area contributed by atoms with Crippen molar-refractivity contribution in [1.29, 1.82) is 0 Å². The van der Waals surface area contributed by atoms with E-state index in [2.05, 4.69) is 30.3 Å². The van der Waals surface area contributed by atoms with Gasteiger partial charge in [-0.3, -0.25) is 9.59 Å². The first-order valence-corrected chi connectivity index (χ1v) is 14.8. The molecule has 3 N–H and O–H groups in total. The zero-order valence-electron chi connectivity index (χ0n) is 18.7. The molecule has 5 nitrogen and oxygen atoms in total. The zero-order valence-corrected chi connectivity index (χ0v) is 19.7. The maximum atomic E-state index is 12.0. The number of carboxylic acid groups (broad SMARTS) is 1. The molecule has 1 rings (SSSR count). The highest BCUT2D eigenvalue weighted by Gasteiger charge is 2.15. The van der Waals surface area contributed by atoms with Gasteiger partial charge in [0.1, 0.15) is 6.04 Å². The maximum Gasteiger partial charge on any atom is 0.325 e. The monoisotopic (exact) mass is 420 g/mol. The Morgan fingerprint density at radius 3 is 1.93 bits per heavy atom. The number of carbonyl (C=O) groups excluding carboxylic acids is 1. The van der Waals surface area contributed by atoms with E-state index in [9.17, 15) is 9.59 Å². The van der Waals surface area contributed by atoms with E-state index in [1.165, 1.54) is 57.9 Å². The van der Waals surface area contributed by atoms with Crippen molar-refractivity contribution in [2.75, 3.05) is 11.9 Å². The summed E-state index contributed by atoms with van der Waals surface area (Å²) in [5.74, 6) is -1.41. The van der Waals surface area contributed by atoms with Gasteiger partial charge in [0.25, 0.3) is 5.91 Å². The summed E-state index contributed by atoms with van der Waals surface area (Å²) in [6, 6.07) is 7.72. The molecular formula is C23H40N2O3Si. The van der Waals surface area contributed by atoms with Crippen LogP contribution in [0.15, 0.2) is 24.3 Å². The minimum atomic E-state index is -1.04. The number of anilines is 1. The van der Waals surface area contributed by atoms with Gasteiger partial charge in [-0.05, 0) is 37.6 Å². The summed E-state index contributed by atoms with van der Waals surface area (Å²) in [5.41, 5.74) is 1.45. The van der Waals surface area contributed by atoms with Crippen LogP contribution in [0, 0.1) is 0 Å². The number of hydrogen-bond donors (Lipinski definition) is 3. The minimum Gasteiger partial charge on any atom is -0.480 e. The van der Waals surface area contributed by atoms with Crippen molar-refractivity contribution in [3.63, 3.8) is 0 Å². The van der Waals surface area contributed by atoms with Crippen molar-refractivity contribution in [3.05, 3.63) is 29.8 Å². The summed E-state index contributed by atoms with van der Waals surface area (Å²) in [6.45, 7) is 9.74. The number of unbranched alkanes of at least 4 members (excludes halogenated alkanes) is 7. The van der Waals surface area contributed by atoms with E-state index in [1.807, 2.05) is 12.1 Å². The van der Waals surface area contributed by atoms with Crippen molar-refractivity contribution in [3.8, 4) is 0 Å². The number of carboxylic acids is 1. The van der Waals surface area contributed by atoms with Gasteiger partial charge in [0.05, 0.1) is 0 Å². The van der Waals surface area contributed by atoms with E-state index in [4.69, 9.17) is 5.11 Å². The smallest absolute Gasteiger partial charge is 0.325 e. The molecule has 0 spiro atoms. The second kappa shape index (κ2) is 13.4. The fourth-order valence-corrected chi connectivity index (χ4v) is 4.47. The maximum absolute atomic E-state index is 12.0. The fraction of sp³-hybridized carbons (Fsp3) is 0.652. The van der Waals surface area contributed by atoms with E-state index in [0.29, 0.717) is 5.56 Å². The predicted molar refractivity (Wildman–Crippen MR) is 125 cm³/mol. The van der Waals surface area contributed by atoms with Gasteiger partial charge in [-0.25, -0.2) is 0 Å². The molecule has 0 unspecified atom stereocenters. The van der Waals surface area contributed by atoms with Gasteiger partial charge < -0.3 is 15.7 Å². The topological polar surface area (TPSA) is 78.4 Å². The van der Waals surface area contributed by atoms with Gasteiger partial charge >= 0.3 is 5.97 Å². The Kier molecular flexibility index (Phi) is 11.7. The minimum absolute atomic E-state index is 0.369. The third-order valence-electron chi connectivity index (χ3n) is 5.05. The molecule has 29 heavy (non-hydrogen) atoms. The number of nitrogens with one attached hydrogen (secondary N) is 2. The molecule has 6 heteroatoms. The molecule has 164 valence electrons. The average Bonchev–Trinajstić information content (AvgIpc) is 2.65. The Bertz CT molecular complexity index is 612. The molecule has 0 saturated carbocycles. The quantitative estimate of drug-likeness (QED) is 0.249. The molecule has 0 bridgehead atoms. The van der Waals surface area contributed by atoms with Crippen LogP contribution in [0.2, 0.25) is 25.7 Å². The second-order valence-corrected chi connectivity index (χ2v) is 14.8. The lowest BCUT2D eigenvalue weighted by atomic mass is 10.1. The van der Waals surface area contributed by atoms with E-state index >= 15 is 0 Å². The average molecular weight is 421 g/mol. The van der Waals surface area contributed by atoms with Gasteiger partial charge in [0.15, 0.2) is 0 Å². The van der Waals surface area contributed by atoms with Crippen molar-refractivity contribution < 1.29 is 14.7 Å². The first-order valence-electron chi connectivity index (χ1n) is 11.1. The summed E-state index contributed by atoms with van der Waals surface area (Å²) in [5, 5.41) is 14.7. The molecule has 0 aliphatic carbocycles. The molecule has 0 aliphatic heterocycles. The molecule has 0 fully saturated rings. The van der Waals surface area contributed by atoms with Crippen molar-refractivity contribution >= 4 is 25.6 Å². The van der Waals surface area contributed by atoms with Gasteiger partial charge in [-0.2, -0.15) is 0 Å². The summed E-state index contributed by atoms with van der Waals surface area (Å²) < 4.78 is 0. The second-order valence-electron chi connectivity index (χ2n) is 9.18. The molecule has 1 amide bonds. The van der Waals surface area contributed by atoms with Crippen LogP contribution in [-0.4, -0.2) is 37.6 Å². The number of aliphatic carboxylic acids is 1. The highest BCUT2D eigenvalue weighted by Crippen LogP contribution is 2.16. The third kappa shape index (κ3) is 12.4. The van der Waals surface area contributed by atoms with Gasteiger partial charge in [0.2, 0.25) is 0 Å². The van der Waals surface area contributed by atoms with E-state index in [0.717, 1.165) is 18.7 Å². The number of hydrogen-bond acceptors (Lipinski definition) is 3. The normalized spacial score (nSPS) is 12.4. The largest absolute Gasteiger partial charge is 0.480 e. The lowest BCUT2D eigenvalue weighted by Gasteiger charge is -2.14. The molecule has 1 aromatic carbocycles. The predicted octanol–water partition coefficient (Wildman–Crippen LogP) is 5.76. The first-order chi connectivity index (χ1) is 13.7. The number of amides is 1. The lowest BCUT2D eigenvalue weighted by molar-refractivity contribution is -0.138. The summed E-state index contributed by atoms with van der Waals surface area (Å²) >= 11 is 0. The Labute approximate surface area is 177 Å². The lowest BCUT2D eigenvalue weighted by Crippen LogP contribution is -2.38. The van der Waals surface area contributed by atoms with Crippen molar-refractivity contribution in [2.45, 2.75) is 90.0 Å². The molecule has 1 atom stereocenters. The van der Waals surface area contributed by atoms with Crippen LogP contribution in [0.5, 0.6) is 0 Å². The number of rotatable bonds is 15. The van der Waals surface area contributed by atoms with Gasteiger partial charge in [0, 0.05) is 25.9 Å². The molecule has 1 aromatic rings. The van der Waals surface area contributed by atoms with Crippen LogP contribution in [0.3, 0.4) is 0 Å². The highest BCUT2D eigenvalue weighted by atomic mass is 28.3. The van der Waals surface area contributed by atoms with E-state index < -0.39 is 20.1 Å². The van der Waals surface area contributed by atoms with Gasteiger partial charge in [-0.1, -0.05) is 70.6 Å². The van der Waals surface area contributed by atoms with Gasteiger partial charge in [-0.15, -0.1) is 0 Å². The molecule has 0 radical (unpaired) electrons. The number of carbonyl (C=O) groups is 2. The fourth-order valence-electron chi connectivity index (χ4n) is 3.15. The molecular weight excluding hydrogens is 380 g/mol. The van der Waals surface area contributed by atoms with Crippen LogP contribution >= 0.6 is 0 Å². The Balaban J connectivity index is 2.08. The van der Waals surface area contributed by atoms with Crippen LogP contribution in [0.4, 0.5) is 5.69 Å². The SMILES string of the molecule is C[C@H](NC(=O)c1ccc(NCCCCCCCCCC[Si](C)(C)C)cc1)C(=O)O. The highest BCUT2D eigenvalue weighted by molar-refractivity contribution is 6.76. The molecule has 0 aromatic heterocycles. The van der Waals surface area contributed by atoms with E-state index in [1.54, 1.807) is 12.1 Å². The summed E-state index contributed by atoms with van der Waals surface area (Å²) in [4.78, 5) is 22.8. The van der Waals surface area contributed by atoms with Crippen LogP contribution < -0.4 is 10.6 Å². The summed E-state index contributed by atoms with van der Waals surface area (Å²) in [6.07, 6.45) is 10.6. The zero-order chi connectivity index (χ0) is 21.7. The Morgan fingerprint density at radius 2 is 1.41 bits per heavy atom. The summed E-state index contributed by atoms with van der Waals surface area (Å²) in [7, 11) is -0.843.